The minimum atomic E-state index is -0.194. The Bertz CT molecular complexity index is 1090. The number of aryl methyl sites for hydroxylation is 1. The summed E-state index contributed by atoms with van der Waals surface area (Å²) in [6, 6.07) is 4.50. The second-order valence-corrected chi connectivity index (χ2v) is 14.8. The molecule has 0 bridgehead atoms. The molecule has 2 aromatic carbocycles. The second kappa shape index (κ2) is 10.1. The average molecular weight is 495 g/mol. The van der Waals surface area contributed by atoms with E-state index in [1.54, 1.807) is 0 Å². The fourth-order valence-corrected chi connectivity index (χ4v) is 5.68. The molecule has 0 aliphatic rings. The van der Waals surface area contributed by atoms with Gasteiger partial charge < -0.3 is 10.2 Å². The Morgan fingerprint density at radius 3 is 1.33 bits per heavy atom. The Morgan fingerprint density at radius 2 is 0.944 bits per heavy atom. The molecule has 0 fully saturated rings. The van der Waals surface area contributed by atoms with E-state index >= 15 is 0 Å². The highest BCUT2D eigenvalue weighted by molar-refractivity contribution is 5.58. The van der Waals surface area contributed by atoms with Crippen molar-refractivity contribution >= 4 is 0 Å². The predicted octanol–water partition coefficient (Wildman–Crippen LogP) is 9.20. The fourth-order valence-electron chi connectivity index (χ4n) is 5.68. The molecule has 2 heteroatoms. The number of hydrogen-bond acceptors (Lipinski definition) is 2. The van der Waals surface area contributed by atoms with E-state index in [0.717, 1.165) is 47.9 Å². The molecular formula is C34H54O2. The lowest BCUT2D eigenvalue weighted by Gasteiger charge is -2.35. The van der Waals surface area contributed by atoms with Gasteiger partial charge in [0.2, 0.25) is 0 Å². The van der Waals surface area contributed by atoms with Crippen molar-refractivity contribution in [2.45, 2.75) is 144 Å². The van der Waals surface area contributed by atoms with E-state index in [2.05, 4.69) is 109 Å². The zero-order chi connectivity index (χ0) is 28.0. The number of phenols is 2. The van der Waals surface area contributed by atoms with Crippen LogP contribution in [0.1, 0.15) is 141 Å². The summed E-state index contributed by atoms with van der Waals surface area (Å²) in [7, 11) is 0. The van der Waals surface area contributed by atoms with E-state index in [4.69, 9.17) is 0 Å². The molecule has 202 valence electrons. The Kier molecular flexibility index (Phi) is 8.46. The third kappa shape index (κ3) is 6.12. The van der Waals surface area contributed by atoms with E-state index in [0.29, 0.717) is 11.5 Å². The number of phenolic OH excluding ortho intramolecular Hbond substituents is 2. The molecule has 2 N–H and O–H groups in total. The Hall–Kier alpha value is -1.96. The van der Waals surface area contributed by atoms with Crippen LogP contribution in [0, 0.1) is 0 Å². The predicted molar refractivity (Wildman–Crippen MR) is 157 cm³/mol. The van der Waals surface area contributed by atoms with Gasteiger partial charge in [0.15, 0.2) is 0 Å². The van der Waals surface area contributed by atoms with Crippen LogP contribution in [0.5, 0.6) is 11.5 Å². The third-order valence-electron chi connectivity index (χ3n) is 7.55. The van der Waals surface area contributed by atoms with Crippen molar-refractivity contribution in [2.24, 2.45) is 0 Å². The molecule has 0 aliphatic heterocycles. The van der Waals surface area contributed by atoms with Crippen molar-refractivity contribution in [3.63, 3.8) is 0 Å². The maximum atomic E-state index is 11.7. The van der Waals surface area contributed by atoms with Crippen LogP contribution in [0.25, 0.3) is 0 Å². The van der Waals surface area contributed by atoms with Gasteiger partial charge in [-0.3, -0.25) is 0 Å². The van der Waals surface area contributed by atoms with Gasteiger partial charge in [0, 0.05) is 5.56 Å². The summed E-state index contributed by atoms with van der Waals surface area (Å²) in [5, 5.41) is 23.0. The van der Waals surface area contributed by atoms with Crippen molar-refractivity contribution in [1.82, 2.24) is 0 Å². The van der Waals surface area contributed by atoms with Crippen LogP contribution in [-0.4, -0.2) is 10.2 Å². The molecule has 0 radical (unpaired) electrons. The van der Waals surface area contributed by atoms with Gasteiger partial charge in [-0.25, -0.2) is 0 Å². The molecule has 0 aromatic heterocycles. The molecule has 0 unspecified atom stereocenters. The monoisotopic (exact) mass is 494 g/mol. The van der Waals surface area contributed by atoms with Gasteiger partial charge in [0.05, 0.1) is 0 Å². The van der Waals surface area contributed by atoms with Crippen molar-refractivity contribution in [3.05, 3.63) is 56.6 Å². The number of aromatic hydroxyl groups is 2. The summed E-state index contributed by atoms with van der Waals surface area (Å²) in [4.78, 5) is 0. The van der Waals surface area contributed by atoms with E-state index in [1.165, 1.54) is 22.3 Å². The van der Waals surface area contributed by atoms with Crippen LogP contribution in [-0.2, 0) is 47.3 Å². The summed E-state index contributed by atoms with van der Waals surface area (Å²) >= 11 is 0. The molecule has 0 amide bonds. The largest absolute Gasteiger partial charge is 0.507 e. The van der Waals surface area contributed by atoms with Gasteiger partial charge in [0.25, 0.3) is 0 Å². The number of hydrogen-bond donors (Lipinski definition) is 2. The van der Waals surface area contributed by atoms with Crippen molar-refractivity contribution in [3.8, 4) is 11.5 Å². The van der Waals surface area contributed by atoms with Gasteiger partial charge in [-0.1, -0.05) is 109 Å². The lowest BCUT2D eigenvalue weighted by Crippen LogP contribution is -2.25. The third-order valence-corrected chi connectivity index (χ3v) is 7.55. The van der Waals surface area contributed by atoms with Gasteiger partial charge in [-0.2, -0.15) is 0 Å². The Balaban J connectivity index is 2.84. The van der Waals surface area contributed by atoms with Gasteiger partial charge in [-0.15, -0.1) is 0 Å². The number of rotatable bonds is 5. The van der Waals surface area contributed by atoms with Crippen molar-refractivity contribution in [2.75, 3.05) is 0 Å². The van der Waals surface area contributed by atoms with Crippen LogP contribution in [0.4, 0.5) is 0 Å². The lowest BCUT2D eigenvalue weighted by molar-refractivity contribution is 0.417. The summed E-state index contributed by atoms with van der Waals surface area (Å²) in [5.74, 6) is 0.922. The van der Waals surface area contributed by atoms with Crippen LogP contribution in [0.3, 0.4) is 0 Å². The number of benzene rings is 2. The van der Waals surface area contributed by atoms with Gasteiger partial charge in [-0.05, 0) is 86.3 Å². The molecular weight excluding hydrogens is 440 g/mol. The first-order chi connectivity index (χ1) is 16.2. The molecule has 0 aliphatic carbocycles. The highest BCUT2D eigenvalue weighted by atomic mass is 16.3. The summed E-state index contributed by atoms with van der Waals surface area (Å²) in [5.41, 5.74) is 8.93. The molecule has 0 atom stereocenters. The summed E-state index contributed by atoms with van der Waals surface area (Å²) < 4.78 is 0. The van der Waals surface area contributed by atoms with Crippen molar-refractivity contribution in [1.29, 1.82) is 0 Å². The molecule has 2 rings (SSSR count). The maximum absolute atomic E-state index is 11.7. The average Bonchev–Trinajstić information content (AvgIpc) is 2.68. The highest BCUT2D eigenvalue weighted by Gasteiger charge is 2.33. The fraction of sp³-hybridized carbons (Fsp3) is 0.647. The summed E-state index contributed by atoms with van der Waals surface area (Å²) in [6.07, 6.45) is 3.44. The minimum absolute atomic E-state index is 0.0531. The standard InChI is InChI=1S/C34H54O2/c1-15-21-19-26(32(6,7)8)29(35)22(16-2)23(21)17-18-24-25(31(3,4)5)20-27(33(9,10)11)30(36)28(24)34(12,13)14/h19-20,35-36H,15-18H2,1-14H3. The van der Waals surface area contributed by atoms with E-state index in [1.807, 2.05) is 0 Å². The molecule has 2 nitrogen and oxygen atoms in total. The van der Waals surface area contributed by atoms with Crippen LogP contribution < -0.4 is 0 Å². The maximum Gasteiger partial charge on any atom is 0.123 e. The normalized spacial score (nSPS) is 13.4. The molecule has 36 heavy (non-hydrogen) atoms. The second-order valence-electron chi connectivity index (χ2n) is 14.8. The first-order valence-corrected chi connectivity index (χ1v) is 13.9. The lowest BCUT2D eigenvalue weighted by atomic mass is 9.70. The Morgan fingerprint density at radius 1 is 0.500 bits per heavy atom. The zero-order valence-corrected chi connectivity index (χ0v) is 25.9. The van der Waals surface area contributed by atoms with E-state index in [-0.39, 0.29) is 21.7 Å². The Labute approximate surface area is 222 Å². The smallest absolute Gasteiger partial charge is 0.123 e. The topological polar surface area (TPSA) is 40.5 Å². The van der Waals surface area contributed by atoms with Gasteiger partial charge in [0.1, 0.15) is 11.5 Å². The zero-order valence-electron chi connectivity index (χ0n) is 25.9. The van der Waals surface area contributed by atoms with Crippen LogP contribution in [0.2, 0.25) is 0 Å². The van der Waals surface area contributed by atoms with Crippen molar-refractivity contribution < 1.29 is 10.2 Å². The first kappa shape index (κ1) is 30.3. The highest BCUT2D eigenvalue weighted by Crippen LogP contribution is 2.46. The van der Waals surface area contributed by atoms with Crippen LogP contribution in [0.15, 0.2) is 12.1 Å². The van der Waals surface area contributed by atoms with E-state index < -0.39 is 0 Å². The molecule has 0 saturated heterocycles. The SMILES string of the molecule is CCc1cc(C(C)(C)C)c(O)c(CC)c1CCc1c(C(C)(C)C)cc(C(C)(C)C)c(O)c1C(C)(C)C. The molecule has 0 spiro atoms. The minimum Gasteiger partial charge on any atom is -0.507 e. The van der Waals surface area contributed by atoms with Crippen LogP contribution >= 0.6 is 0 Å². The van der Waals surface area contributed by atoms with Gasteiger partial charge >= 0.3 is 0 Å². The quantitative estimate of drug-likeness (QED) is 0.435. The summed E-state index contributed by atoms with van der Waals surface area (Å²) in [6.45, 7) is 30.9. The molecule has 0 saturated carbocycles. The van der Waals surface area contributed by atoms with E-state index in [9.17, 15) is 10.2 Å². The molecule has 2 aromatic rings. The first-order valence-electron chi connectivity index (χ1n) is 13.9. The molecule has 0 heterocycles.